The molecule has 0 aliphatic rings. The number of halogens is 1. The molecule has 0 aliphatic heterocycles. The van der Waals surface area contributed by atoms with E-state index in [9.17, 15) is 0 Å². The monoisotopic (exact) mass is 292 g/mol. The molecule has 0 amide bonds. The highest BCUT2D eigenvalue weighted by molar-refractivity contribution is 9.10. The van der Waals surface area contributed by atoms with E-state index in [2.05, 4.69) is 32.1 Å². The summed E-state index contributed by atoms with van der Waals surface area (Å²) in [4.78, 5) is 0. The third-order valence-electron chi connectivity index (χ3n) is 2.20. The average Bonchev–Trinajstić information content (AvgIpc) is 2.65. The Kier molecular flexibility index (Phi) is 6.43. The molecule has 0 aliphatic carbocycles. The minimum atomic E-state index is 0.214. The van der Waals surface area contributed by atoms with Crippen LogP contribution in [0.3, 0.4) is 0 Å². The van der Waals surface area contributed by atoms with Crippen molar-refractivity contribution < 1.29 is 4.74 Å². The highest BCUT2D eigenvalue weighted by atomic mass is 79.9. The molecule has 86 valence electrons. The van der Waals surface area contributed by atoms with Gasteiger partial charge in [0.1, 0.15) is 0 Å². The predicted octanol–water partition coefficient (Wildman–Crippen LogP) is 2.83. The molecule has 1 aromatic rings. The van der Waals surface area contributed by atoms with E-state index in [1.165, 1.54) is 5.56 Å². The van der Waals surface area contributed by atoms with E-state index < -0.39 is 0 Å². The lowest BCUT2D eigenvalue weighted by molar-refractivity contribution is 0.141. The number of hydrogen-bond donors (Lipinski definition) is 2. The van der Waals surface area contributed by atoms with Crippen LogP contribution in [0, 0.1) is 0 Å². The van der Waals surface area contributed by atoms with Crippen molar-refractivity contribution in [1.82, 2.24) is 5.43 Å². The van der Waals surface area contributed by atoms with Crippen molar-refractivity contribution in [3.05, 3.63) is 20.8 Å². The molecule has 1 unspecified atom stereocenters. The van der Waals surface area contributed by atoms with E-state index >= 15 is 0 Å². The zero-order valence-electron chi connectivity index (χ0n) is 8.83. The van der Waals surface area contributed by atoms with Gasteiger partial charge in [0.15, 0.2) is 0 Å². The SMILES string of the molecule is CCOCCCC(NN)c1cscc1Br. The quantitative estimate of drug-likeness (QED) is 0.462. The average molecular weight is 293 g/mol. The number of nitrogens with one attached hydrogen (secondary N) is 1. The van der Waals surface area contributed by atoms with Crippen molar-refractivity contribution in [2.75, 3.05) is 13.2 Å². The van der Waals surface area contributed by atoms with Gasteiger partial charge in [-0.3, -0.25) is 11.3 Å². The number of hydrazine groups is 1. The third-order valence-corrected chi connectivity index (χ3v) is 3.96. The fourth-order valence-corrected chi connectivity index (χ4v) is 3.03. The van der Waals surface area contributed by atoms with Gasteiger partial charge in [0.05, 0.1) is 0 Å². The predicted molar refractivity (Wildman–Crippen MR) is 67.8 cm³/mol. The molecule has 5 heteroatoms. The summed E-state index contributed by atoms with van der Waals surface area (Å²) in [5.74, 6) is 5.54. The van der Waals surface area contributed by atoms with Gasteiger partial charge in [-0.25, -0.2) is 0 Å². The molecule has 0 saturated carbocycles. The smallest absolute Gasteiger partial charge is 0.0480 e. The van der Waals surface area contributed by atoms with E-state index in [0.717, 1.165) is 30.5 Å². The van der Waals surface area contributed by atoms with Gasteiger partial charge >= 0.3 is 0 Å². The van der Waals surface area contributed by atoms with E-state index in [4.69, 9.17) is 10.6 Å². The molecular formula is C10H17BrN2OS. The van der Waals surface area contributed by atoms with Crippen LogP contribution >= 0.6 is 27.3 Å². The molecule has 3 nitrogen and oxygen atoms in total. The van der Waals surface area contributed by atoms with Gasteiger partial charge < -0.3 is 4.74 Å². The van der Waals surface area contributed by atoms with Gasteiger partial charge in [-0.05, 0) is 46.6 Å². The molecule has 1 atom stereocenters. The molecule has 15 heavy (non-hydrogen) atoms. The first-order valence-corrected chi connectivity index (χ1v) is 6.78. The molecule has 1 heterocycles. The molecule has 3 N–H and O–H groups in total. The lowest BCUT2D eigenvalue weighted by atomic mass is 10.1. The fraction of sp³-hybridized carbons (Fsp3) is 0.600. The molecule has 0 fully saturated rings. The van der Waals surface area contributed by atoms with Crippen molar-refractivity contribution in [3.63, 3.8) is 0 Å². The first kappa shape index (κ1) is 13.1. The normalized spacial score (nSPS) is 13.0. The Morgan fingerprint density at radius 3 is 2.93 bits per heavy atom. The summed E-state index contributed by atoms with van der Waals surface area (Å²) >= 11 is 5.19. The highest BCUT2D eigenvalue weighted by Crippen LogP contribution is 2.29. The number of rotatable bonds is 7. The zero-order chi connectivity index (χ0) is 11.1. The van der Waals surface area contributed by atoms with Crippen LogP contribution in [-0.4, -0.2) is 13.2 Å². The van der Waals surface area contributed by atoms with Crippen LogP contribution in [0.15, 0.2) is 15.2 Å². The molecule has 0 bridgehead atoms. The van der Waals surface area contributed by atoms with Crippen molar-refractivity contribution in [1.29, 1.82) is 0 Å². The molecule has 0 radical (unpaired) electrons. The Labute approximate surface area is 103 Å². The highest BCUT2D eigenvalue weighted by Gasteiger charge is 2.13. The summed E-state index contributed by atoms with van der Waals surface area (Å²) in [6, 6.07) is 0.214. The zero-order valence-corrected chi connectivity index (χ0v) is 11.2. The van der Waals surface area contributed by atoms with E-state index in [-0.39, 0.29) is 6.04 Å². The Bertz CT molecular complexity index is 280. The molecule has 0 spiro atoms. The van der Waals surface area contributed by atoms with Gasteiger partial charge in [-0.1, -0.05) is 0 Å². The van der Waals surface area contributed by atoms with Gasteiger partial charge in [0.25, 0.3) is 0 Å². The number of thiophene rings is 1. The maximum absolute atomic E-state index is 5.54. The summed E-state index contributed by atoms with van der Waals surface area (Å²) in [5, 5.41) is 4.19. The van der Waals surface area contributed by atoms with Crippen molar-refractivity contribution in [3.8, 4) is 0 Å². The van der Waals surface area contributed by atoms with Crippen LogP contribution in [0.1, 0.15) is 31.4 Å². The minimum absolute atomic E-state index is 0.214. The van der Waals surface area contributed by atoms with Crippen LogP contribution in [-0.2, 0) is 4.74 Å². The first-order chi connectivity index (χ1) is 7.29. The van der Waals surface area contributed by atoms with Gasteiger partial charge in [-0.15, -0.1) is 0 Å². The van der Waals surface area contributed by atoms with Crippen LogP contribution in [0.4, 0.5) is 0 Å². The standard InChI is InChI=1S/C10H17BrN2OS/c1-2-14-5-3-4-10(13-12)8-6-15-7-9(8)11/h6-7,10,13H,2-5,12H2,1H3. The molecule has 1 rings (SSSR count). The second-order valence-corrected chi connectivity index (χ2v) is 4.83. The van der Waals surface area contributed by atoms with Crippen molar-refractivity contribution in [2.24, 2.45) is 5.84 Å². The van der Waals surface area contributed by atoms with Gasteiger partial charge in [0, 0.05) is 29.1 Å². The van der Waals surface area contributed by atoms with Gasteiger partial charge in [-0.2, -0.15) is 11.3 Å². The lowest BCUT2D eigenvalue weighted by Gasteiger charge is -2.15. The Hall–Kier alpha value is 0.0600. The minimum Gasteiger partial charge on any atom is -0.382 e. The van der Waals surface area contributed by atoms with Crippen LogP contribution in [0.5, 0.6) is 0 Å². The maximum atomic E-state index is 5.54. The molecule has 0 aromatic carbocycles. The summed E-state index contributed by atoms with van der Waals surface area (Å²) in [7, 11) is 0. The van der Waals surface area contributed by atoms with Crippen molar-refractivity contribution >= 4 is 27.3 Å². The van der Waals surface area contributed by atoms with Crippen LogP contribution < -0.4 is 11.3 Å². The van der Waals surface area contributed by atoms with Crippen molar-refractivity contribution in [2.45, 2.75) is 25.8 Å². The summed E-state index contributed by atoms with van der Waals surface area (Å²) in [5.41, 5.74) is 4.08. The first-order valence-electron chi connectivity index (χ1n) is 5.05. The number of nitrogens with two attached hydrogens (primary N) is 1. The largest absolute Gasteiger partial charge is 0.382 e. The molecule has 0 saturated heterocycles. The molecular weight excluding hydrogens is 276 g/mol. The fourth-order valence-electron chi connectivity index (χ4n) is 1.40. The Morgan fingerprint density at radius 1 is 1.60 bits per heavy atom. The van der Waals surface area contributed by atoms with E-state index in [1.807, 2.05) is 6.92 Å². The molecule has 1 aromatic heterocycles. The lowest BCUT2D eigenvalue weighted by Crippen LogP contribution is -2.28. The topological polar surface area (TPSA) is 47.3 Å². The van der Waals surface area contributed by atoms with E-state index in [0.29, 0.717) is 0 Å². The Morgan fingerprint density at radius 2 is 2.40 bits per heavy atom. The van der Waals surface area contributed by atoms with E-state index in [1.54, 1.807) is 11.3 Å². The maximum Gasteiger partial charge on any atom is 0.0480 e. The second-order valence-electron chi connectivity index (χ2n) is 3.23. The number of hydrogen-bond acceptors (Lipinski definition) is 4. The number of ether oxygens (including phenoxy) is 1. The Balaban J connectivity index is 2.39. The summed E-state index contributed by atoms with van der Waals surface area (Å²) in [6.45, 7) is 3.59. The van der Waals surface area contributed by atoms with Crippen LogP contribution in [0.25, 0.3) is 0 Å². The van der Waals surface area contributed by atoms with Gasteiger partial charge in [0.2, 0.25) is 0 Å². The third kappa shape index (κ3) is 4.20. The van der Waals surface area contributed by atoms with Crippen LogP contribution in [0.2, 0.25) is 0 Å². The second kappa shape index (κ2) is 7.35. The summed E-state index contributed by atoms with van der Waals surface area (Å²) < 4.78 is 6.43. The summed E-state index contributed by atoms with van der Waals surface area (Å²) in [6.07, 6.45) is 2.01.